The Labute approximate surface area is 121 Å². The number of rotatable bonds is 7. The number of para-hydroxylation sites is 1. The number of halogens is 1. The lowest BCUT2D eigenvalue weighted by molar-refractivity contribution is 0.288. The maximum Gasteiger partial charge on any atom is 0.123 e. The van der Waals surface area contributed by atoms with Crippen molar-refractivity contribution in [3.63, 3.8) is 0 Å². The molecule has 5 heteroatoms. The fourth-order valence-electron chi connectivity index (χ4n) is 1.76. The van der Waals surface area contributed by atoms with Gasteiger partial charge in [-0.15, -0.1) is 0 Å². The third-order valence-electron chi connectivity index (χ3n) is 2.72. The van der Waals surface area contributed by atoms with Crippen molar-refractivity contribution in [2.75, 3.05) is 13.2 Å². The number of hydrogen-bond donors (Lipinski definition) is 1. The molecule has 0 aliphatic heterocycles. The first-order valence-corrected chi connectivity index (χ1v) is 7.18. The second-order valence-electron chi connectivity index (χ2n) is 4.16. The fraction of sp³-hybridized carbons (Fsp3) is 0.357. The van der Waals surface area contributed by atoms with Gasteiger partial charge in [0.2, 0.25) is 0 Å². The van der Waals surface area contributed by atoms with Crippen LogP contribution < -0.4 is 10.1 Å². The molecule has 4 nitrogen and oxygen atoms in total. The van der Waals surface area contributed by atoms with Gasteiger partial charge in [0.25, 0.3) is 0 Å². The summed E-state index contributed by atoms with van der Waals surface area (Å²) < 4.78 is 8.68. The van der Waals surface area contributed by atoms with Gasteiger partial charge in [-0.2, -0.15) is 5.10 Å². The zero-order chi connectivity index (χ0) is 13.5. The van der Waals surface area contributed by atoms with E-state index in [2.05, 4.69) is 39.3 Å². The molecule has 0 saturated heterocycles. The van der Waals surface area contributed by atoms with Gasteiger partial charge in [0.05, 0.1) is 17.2 Å². The first-order chi connectivity index (χ1) is 9.29. The molecular weight excluding hydrogens is 306 g/mol. The summed E-state index contributed by atoms with van der Waals surface area (Å²) in [6.07, 6.45) is 3.72. The lowest BCUT2D eigenvalue weighted by Crippen LogP contribution is -2.14. The molecule has 0 spiro atoms. The molecule has 0 fully saturated rings. The van der Waals surface area contributed by atoms with Crippen LogP contribution in [-0.2, 0) is 13.1 Å². The van der Waals surface area contributed by atoms with Crippen molar-refractivity contribution in [3.8, 4) is 5.75 Å². The van der Waals surface area contributed by atoms with Crippen molar-refractivity contribution in [1.82, 2.24) is 15.1 Å². The monoisotopic (exact) mass is 323 g/mol. The van der Waals surface area contributed by atoms with Crippen molar-refractivity contribution in [2.45, 2.75) is 20.0 Å². The molecule has 2 aromatic rings. The average molecular weight is 324 g/mol. The Morgan fingerprint density at radius 3 is 2.95 bits per heavy atom. The van der Waals surface area contributed by atoms with Crippen LogP contribution in [0.1, 0.15) is 12.5 Å². The van der Waals surface area contributed by atoms with Crippen LogP contribution in [0.2, 0.25) is 0 Å². The second-order valence-corrected chi connectivity index (χ2v) is 5.07. The van der Waals surface area contributed by atoms with Crippen LogP contribution in [0.4, 0.5) is 0 Å². The van der Waals surface area contributed by atoms with Crippen LogP contribution in [0.25, 0.3) is 0 Å². The van der Waals surface area contributed by atoms with Gasteiger partial charge in [-0.25, -0.2) is 0 Å². The molecule has 19 heavy (non-hydrogen) atoms. The van der Waals surface area contributed by atoms with Gasteiger partial charge in [0.15, 0.2) is 0 Å². The van der Waals surface area contributed by atoms with E-state index in [4.69, 9.17) is 4.74 Å². The number of aromatic nitrogens is 2. The normalized spacial score (nSPS) is 10.6. The van der Waals surface area contributed by atoms with E-state index in [0.29, 0.717) is 6.61 Å². The zero-order valence-electron chi connectivity index (χ0n) is 11.0. The van der Waals surface area contributed by atoms with E-state index in [9.17, 15) is 0 Å². The molecule has 1 N–H and O–H groups in total. The molecule has 0 aliphatic carbocycles. The minimum absolute atomic E-state index is 0.608. The molecule has 0 aliphatic rings. The number of hydrogen-bond acceptors (Lipinski definition) is 3. The number of ether oxygens (including phenoxy) is 1. The van der Waals surface area contributed by atoms with Crippen molar-refractivity contribution < 1.29 is 4.74 Å². The zero-order valence-corrected chi connectivity index (χ0v) is 12.6. The Kier molecular flexibility index (Phi) is 5.42. The molecule has 102 valence electrons. The second kappa shape index (κ2) is 7.31. The minimum Gasteiger partial charge on any atom is -0.491 e. The highest BCUT2D eigenvalue weighted by atomic mass is 79.9. The molecule has 0 bridgehead atoms. The van der Waals surface area contributed by atoms with Gasteiger partial charge in [-0.1, -0.05) is 25.1 Å². The highest BCUT2D eigenvalue weighted by molar-refractivity contribution is 9.10. The van der Waals surface area contributed by atoms with Crippen LogP contribution >= 0.6 is 15.9 Å². The van der Waals surface area contributed by atoms with E-state index in [1.165, 1.54) is 5.56 Å². The lowest BCUT2D eigenvalue weighted by atomic mass is 10.2. The van der Waals surface area contributed by atoms with Gasteiger partial charge in [-0.05, 0) is 28.5 Å². The molecule has 0 amide bonds. The predicted molar refractivity (Wildman–Crippen MR) is 79.2 cm³/mol. The van der Waals surface area contributed by atoms with Gasteiger partial charge in [-0.3, -0.25) is 4.68 Å². The first-order valence-electron chi connectivity index (χ1n) is 6.39. The van der Waals surface area contributed by atoms with Crippen LogP contribution in [0.3, 0.4) is 0 Å². The van der Waals surface area contributed by atoms with Gasteiger partial charge < -0.3 is 10.1 Å². The Bertz CT molecular complexity index is 513. The van der Waals surface area contributed by atoms with E-state index in [1.807, 2.05) is 29.1 Å². The molecule has 1 aromatic carbocycles. The highest BCUT2D eigenvalue weighted by Gasteiger charge is 2.02. The average Bonchev–Trinajstić information content (AvgIpc) is 2.83. The van der Waals surface area contributed by atoms with Crippen LogP contribution in [0.15, 0.2) is 41.1 Å². The summed E-state index contributed by atoms with van der Waals surface area (Å²) in [5.74, 6) is 0.940. The van der Waals surface area contributed by atoms with E-state index in [-0.39, 0.29) is 0 Å². The lowest BCUT2D eigenvalue weighted by Gasteiger charge is -2.11. The largest absolute Gasteiger partial charge is 0.491 e. The topological polar surface area (TPSA) is 39.1 Å². The SMILES string of the molecule is CCNCc1ccccc1OCCn1cc(Br)cn1. The van der Waals surface area contributed by atoms with Crippen molar-refractivity contribution in [3.05, 3.63) is 46.7 Å². The Balaban J connectivity index is 1.88. The minimum atomic E-state index is 0.608. The maximum absolute atomic E-state index is 5.83. The Morgan fingerprint density at radius 1 is 1.37 bits per heavy atom. The summed E-state index contributed by atoms with van der Waals surface area (Å²) in [5, 5.41) is 7.51. The summed E-state index contributed by atoms with van der Waals surface area (Å²) in [7, 11) is 0. The third-order valence-corrected chi connectivity index (χ3v) is 3.13. The van der Waals surface area contributed by atoms with Crippen molar-refractivity contribution in [1.29, 1.82) is 0 Å². The molecule has 1 aromatic heterocycles. The summed E-state index contributed by atoms with van der Waals surface area (Å²) >= 11 is 3.38. The molecule has 2 rings (SSSR count). The van der Waals surface area contributed by atoms with Gasteiger partial charge in [0.1, 0.15) is 12.4 Å². The van der Waals surface area contributed by atoms with E-state index in [1.54, 1.807) is 6.20 Å². The first kappa shape index (κ1) is 14.1. The van der Waals surface area contributed by atoms with Crippen LogP contribution in [-0.4, -0.2) is 22.9 Å². The smallest absolute Gasteiger partial charge is 0.123 e. The summed E-state index contributed by atoms with van der Waals surface area (Å²) in [6, 6.07) is 8.12. The van der Waals surface area contributed by atoms with Crippen LogP contribution in [0, 0.1) is 0 Å². The Morgan fingerprint density at radius 2 is 2.21 bits per heavy atom. The number of nitrogens with zero attached hydrogens (tertiary/aromatic N) is 2. The maximum atomic E-state index is 5.83. The molecular formula is C14H18BrN3O. The summed E-state index contributed by atoms with van der Waals surface area (Å²) in [4.78, 5) is 0. The number of nitrogens with one attached hydrogen (secondary N) is 1. The standard InChI is InChI=1S/C14H18BrN3O/c1-2-16-9-12-5-3-4-6-14(12)19-8-7-18-11-13(15)10-17-18/h3-6,10-11,16H,2,7-9H2,1H3. The van der Waals surface area contributed by atoms with E-state index in [0.717, 1.165) is 29.9 Å². The van der Waals surface area contributed by atoms with Crippen molar-refractivity contribution in [2.24, 2.45) is 0 Å². The third kappa shape index (κ3) is 4.36. The molecule has 0 radical (unpaired) electrons. The van der Waals surface area contributed by atoms with Crippen LogP contribution in [0.5, 0.6) is 5.75 Å². The molecule has 0 unspecified atom stereocenters. The summed E-state index contributed by atoms with van der Waals surface area (Å²) in [5.41, 5.74) is 1.19. The van der Waals surface area contributed by atoms with E-state index >= 15 is 0 Å². The number of benzene rings is 1. The molecule has 0 atom stereocenters. The predicted octanol–water partition coefficient (Wildman–Crippen LogP) is 2.83. The summed E-state index contributed by atoms with van der Waals surface area (Å²) in [6.45, 7) is 5.23. The molecule has 1 heterocycles. The van der Waals surface area contributed by atoms with Crippen molar-refractivity contribution >= 4 is 15.9 Å². The molecule has 0 saturated carbocycles. The quantitative estimate of drug-likeness (QED) is 0.851. The van der Waals surface area contributed by atoms with Gasteiger partial charge >= 0.3 is 0 Å². The highest BCUT2D eigenvalue weighted by Crippen LogP contribution is 2.17. The van der Waals surface area contributed by atoms with Gasteiger partial charge in [0, 0.05) is 18.3 Å². The van der Waals surface area contributed by atoms with E-state index < -0.39 is 0 Å². The fourth-order valence-corrected chi connectivity index (χ4v) is 2.09. The Hall–Kier alpha value is -1.33.